The molecule has 2 rings (SSSR count). The van der Waals surface area contributed by atoms with E-state index in [9.17, 15) is 24.5 Å². The SMILES string of the molecule is CC(=O)NCCCc1ccc(C(=O)COC(=O)c2ccccc2[N+](=O)[O-])cc1. The van der Waals surface area contributed by atoms with Crippen LogP contribution in [0.2, 0.25) is 0 Å². The maximum absolute atomic E-state index is 12.2. The highest BCUT2D eigenvalue weighted by Gasteiger charge is 2.21. The Labute approximate surface area is 161 Å². The Hall–Kier alpha value is -3.55. The fraction of sp³-hybridized carbons (Fsp3) is 0.250. The van der Waals surface area contributed by atoms with Gasteiger partial charge in [0.1, 0.15) is 5.56 Å². The number of hydrogen-bond donors (Lipinski definition) is 1. The predicted molar refractivity (Wildman–Crippen MR) is 101 cm³/mol. The summed E-state index contributed by atoms with van der Waals surface area (Å²) >= 11 is 0. The first-order valence-electron chi connectivity index (χ1n) is 8.65. The van der Waals surface area contributed by atoms with Crippen LogP contribution in [0.4, 0.5) is 5.69 Å². The number of rotatable bonds is 9. The van der Waals surface area contributed by atoms with Crippen LogP contribution in [-0.4, -0.2) is 35.7 Å². The Morgan fingerprint density at radius 1 is 1.07 bits per heavy atom. The zero-order valence-electron chi connectivity index (χ0n) is 15.3. The molecule has 0 atom stereocenters. The van der Waals surface area contributed by atoms with Crippen LogP contribution in [0.25, 0.3) is 0 Å². The number of esters is 1. The number of nitro groups is 1. The third kappa shape index (κ3) is 6.01. The minimum absolute atomic E-state index is 0.0728. The molecule has 0 aliphatic carbocycles. The molecule has 1 N–H and O–H groups in total. The Bertz CT molecular complexity index is 877. The number of nitrogens with one attached hydrogen (secondary N) is 1. The lowest BCUT2D eigenvalue weighted by atomic mass is 10.1. The Morgan fingerprint density at radius 3 is 2.39 bits per heavy atom. The second kappa shape index (κ2) is 9.96. The lowest BCUT2D eigenvalue weighted by molar-refractivity contribution is -0.385. The van der Waals surface area contributed by atoms with Crippen LogP contribution in [0.15, 0.2) is 48.5 Å². The summed E-state index contributed by atoms with van der Waals surface area (Å²) in [4.78, 5) is 45.3. The van der Waals surface area contributed by atoms with E-state index >= 15 is 0 Å². The van der Waals surface area contributed by atoms with Crippen LogP contribution < -0.4 is 5.32 Å². The van der Waals surface area contributed by atoms with Gasteiger partial charge in [-0.05, 0) is 24.5 Å². The monoisotopic (exact) mass is 384 g/mol. The van der Waals surface area contributed by atoms with Gasteiger partial charge in [-0.25, -0.2) is 4.79 Å². The second-order valence-corrected chi connectivity index (χ2v) is 6.06. The lowest BCUT2D eigenvalue weighted by Crippen LogP contribution is -2.21. The average Bonchev–Trinajstić information content (AvgIpc) is 2.69. The molecule has 0 aliphatic heterocycles. The number of Topliss-reactive ketones (excluding diaryl/α,β-unsaturated/α-hetero) is 1. The molecule has 0 spiro atoms. The molecule has 0 fully saturated rings. The number of benzene rings is 2. The number of ketones is 1. The van der Waals surface area contributed by atoms with E-state index < -0.39 is 23.3 Å². The van der Waals surface area contributed by atoms with Gasteiger partial charge in [-0.2, -0.15) is 0 Å². The Balaban J connectivity index is 1.88. The molecule has 0 bridgehead atoms. The zero-order valence-corrected chi connectivity index (χ0v) is 15.3. The van der Waals surface area contributed by atoms with Crippen molar-refractivity contribution in [3.8, 4) is 0 Å². The van der Waals surface area contributed by atoms with Crippen molar-refractivity contribution in [2.75, 3.05) is 13.2 Å². The van der Waals surface area contributed by atoms with E-state index in [0.29, 0.717) is 12.1 Å². The quantitative estimate of drug-likeness (QED) is 0.234. The summed E-state index contributed by atoms with van der Waals surface area (Å²) in [5.74, 6) is -1.40. The molecule has 0 aromatic heterocycles. The van der Waals surface area contributed by atoms with Crippen molar-refractivity contribution in [1.29, 1.82) is 0 Å². The molecular formula is C20H20N2O6. The number of aryl methyl sites for hydroxylation is 1. The normalized spacial score (nSPS) is 10.2. The van der Waals surface area contributed by atoms with E-state index in [2.05, 4.69) is 5.32 Å². The number of carbonyl (C=O) groups is 3. The van der Waals surface area contributed by atoms with E-state index in [-0.39, 0.29) is 17.2 Å². The van der Waals surface area contributed by atoms with Crippen molar-refractivity contribution in [2.24, 2.45) is 0 Å². The van der Waals surface area contributed by atoms with Gasteiger partial charge in [-0.1, -0.05) is 36.4 Å². The minimum Gasteiger partial charge on any atom is -0.454 e. The number of nitrogens with zero attached hydrogens (tertiary/aromatic N) is 1. The Morgan fingerprint density at radius 2 is 1.75 bits per heavy atom. The van der Waals surface area contributed by atoms with Crippen LogP contribution >= 0.6 is 0 Å². The second-order valence-electron chi connectivity index (χ2n) is 6.06. The van der Waals surface area contributed by atoms with Gasteiger partial charge in [0, 0.05) is 25.1 Å². The molecule has 8 nitrogen and oxygen atoms in total. The van der Waals surface area contributed by atoms with Crippen LogP contribution in [-0.2, 0) is 16.0 Å². The smallest absolute Gasteiger partial charge is 0.345 e. The molecule has 8 heteroatoms. The summed E-state index contributed by atoms with van der Waals surface area (Å²) < 4.78 is 4.93. The van der Waals surface area contributed by atoms with E-state index in [1.165, 1.54) is 31.2 Å². The van der Waals surface area contributed by atoms with Crippen LogP contribution in [0, 0.1) is 10.1 Å². The van der Waals surface area contributed by atoms with Gasteiger partial charge in [0.2, 0.25) is 5.91 Å². The highest BCUT2D eigenvalue weighted by molar-refractivity contribution is 6.00. The number of carbonyl (C=O) groups excluding carboxylic acids is 3. The first-order chi connectivity index (χ1) is 13.4. The third-order valence-electron chi connectivity index (χ3n) is 3.95. The first-order valence-corrected chi connectivity index (χ1v) is 8.65. The van der Waals surface area contributed by atoms with Crippen molar-refractivity contribution < 1.29 is 24.0 Å². The molecule has 2 aromatic carbocycles. The number of hydrogen-bond acceptors (Lipinski definition) is 6. The van der Waals surface area contributed by atoms with Crippen molar-refractivity contribution in [1.82, 2.24) is 5.32 Å². The van der Waals surface area contributed by atoms with Gasteiger partial charge >= 0.3 is 5.97 Å². The maximum Gasteiger partial charge on any atom is 0.345 e. The molecule has 0 saturated carbocycles. The van der Waals surface area contributed by atoms with Gasteiger partial charge in [-0.15, -0.1) is 0 Å². The number of para-hydroxylation sites is 1. The topological polar surface area (TPSA) is 116 Å². The van der Waals surface area contributed by atoms with Crippen LogP contribution in [0.5, 0.6) is 0 Å². The number of amides is 1. The molecule has 0 unspecified atom stereocenters. The first kappa shape index (κ1) is 20.8. The summed E-state index contributed by atoms with van der Waals surface area (Å²) in [5.41, 5.74) is 0.818. The molecule has 1 amide bonds. The van der Waals surface area contributed by atoms with Crippen molar-refractivity contribution in [2.45, 2.75) is 19.8 Å². The van der Waals surface area contributed by atoms with Gasteiger partial charge < -0.3 is 10.1 Å². The van der Waals surface area contributed by atoms with Crippen molar-refractivity contribution >= 4 is 23.3 Å². The molecule has 0 radical (unpaired) electrons. The Kier molecular flexibility index (Phi) is 7.38. The lowest BCUT2D eigenvalue weighted by Gasteiger charge is -2.06. The van der Waals surface area contributed by atoms with Gasteiger partial charge in [-0.3, -0.25) is 19.7 Å². The summed E-state index contributed by atoms with van der Waals surface area (Å²) in [6, 6.07) is 12.3. The van der Waals surface area contributed by atoms with Crippen molar-refractivity contribution in [3.05, 3.63) is 75.3 Å². The molecule has 28 heavy (non-hydrogen) atoms. The number of ether oxygens (including phenoxy) is 1. The molecule has 0 heterocycles. The van der Waals surface area contributed by atoms with Gasteiger partial charge in [0.05, 0.1) is 4.92 Å². The van der Waals surface area contributed by atoms with E-state index in [4.69, 9.17) is 4.74 Å². The summed E-state index contributed by atoms with van der Waals surface area (Å²) in [5, 5.41) is 13.7. The highest BCUT2D eigenvalue weighted by Crippen LogP contribution is 2.18. The van der Waals surface area contributed by atoms with E-state index in [1.807, 2.05) is 0 Å². The van der Waals surface area contributed by atoms with Gasteiger partial charge in [0.25, 0.3) is 5.69 Å². The molecule has 0 saturated heterocycles. The third-order valence-corrected chi connectivity index (χ3v) is 3.95. The maximum atomic E-state index is 12.2. The molecule has 0 aliphatic rings. The van der Waals surface area contributed by atoms with Gasteiger partial charge in [0.15, 0.2) is 12.4 Å². The zero-order chi connectivity index (χ0) is 20.5. The molecule has 2 aromatic rings. The molecular weight excluding hydrogens is 364 g/mol. The molecule has 146 valence electrons. The minimum atomic E-state index is -0.921. The highest BCUT2D eigenvalue weighted by atomic mass is 16.6. The fourth-order valence-electron chi connectivity index (χ4n) is 2.51. The van der Waals surface area contributed by atoms with Crippen molar-refractivity contribution in [3.63, 3.8) is 0 Å². The van der Waals surface area contributed by atoms with Crippen LogP contribution in [0.3, 0.4) is 0 Å². The van der Waals surface area contributed by atoms with Crippen LogP contribution in [0.1, 0.15) is 39.6 Å². The summed E-state index contributed by atoms with van der Waals surface area (Å²) in [7, 11) is 0. The summed E-state index contributed by atoms with van der Waals surface area (Å²) in [6.45, 7) is 1.54. The standard InChI is InChI=1S/C20H20N2O6/c1-14(23)21-12-4-5-15-8-10-16(11-9-15)19(24)13-28-20(25)17-6-2-3-7-18(17)22(26)27/h2-3,6-11H,4-5,12-13H2,1H3,(H,21,23). The fourth-order valence-corrected chi connectivity index (χ4v) is 2.51. The predicted octanol–water partition coefficient (Wildman–Crippen LogP) is 2.70. The largest absolute Gasteiger partial charge is 0.454 e. The summed E-state index contributed by atoms with van der Waals surface area (Å²) in [6.07, 6.45) is 1.53. The number of nitro benzene ring substituents is 1. The van der Waals surface area contributed by atoms with E-state index in [0.717, 1.165) is 18.4 Å². The van der Waals surface area contributed by atoms with E-state index in [1.54, 1.807) is 24.3 Å². The average molecular weight is 384 g/mol.